The van der Waals surface area contributed by atoms with Gasteiger partial charge in [-0.2, -0.15) is 5.10 Å². The molecule has 7 nitrogen and oxygen atoms in total. The summed E-state index contributed by atoms with van der Waals surface area (Å²) in [5.74, 6) is 1.67. The lowest BCUT2D eigenvalue weighted by atomic mass is 10.1. The molecule has 0 heterocycles. The number of nitrogens with zero attached hydrogens (tertiary/aromatic N) is 1. The third kappa shape index (κ3) is 5.57. The summed E-state index contributed by atoms with van der Waals surface area (Å²) in [6.07, 6.45) is 0. The van der Waals surface area contributed by atoms with Crippen LogP contribution in [0.15, 0.2) is 17.2 Å². The quantitative estimate of drug-likeness (QED) is 0.322. The summed E-state index contributed by atoms with van der Waals surface area (Å²) >= 11 is 5.12. The standard InChI is InChI=1S/C15H23N3O4S/c1-10(17-18-15(23)16-6-7-19-2)11-8-12(20-3)14(22-5)13(9-11)21-4/h8-9H,6-7H2,1-5H3,(H2,16,18,23). The van der Waals surface area contributed by atoms with E-state index in [0.717, 1.165) is 11.3 Å². The molecule has 1 rings (SSSR count). The zero-order valence-electron chi connectivity index (χ0n) is 14.1. The van der Waals surface area contributed by atoms with Gasteiger partial charge in [-0.3, -0.25) is 5.43 Å². The molecule has 0 unspecified atom stereocenters. The summed E-state index contributed by atoms with van der Waals surface area (Å²) in [6, 6.07) is 3.65. The number of benzene rings is 1. The molecule has 0 amide bonds. The van der Waals surface area contributed by atoms with Gasteiger partial charge in [0.2, 0.25) is 5.75 Å². The number of methoxy groups -OCH3 is 4. The van der Waals surface area contributed by atoms with Crippen LogP contribution < -0.4 is 25.0 Å². The average Bonchev–Trinajstić information content (AvgIpc) is 2.58. The zero-order valence-corrected chi connectivity index (χ0v) is 14.9. The van der Waals surface area contributed by atoms with Gasteiger partial charge in [0.1, 0.15) is 0 Å². The van der Waals surface area contributed by atoms with Gasteiger partial charge in [-0.25, -0.2) is 0 Å². The Labute approximate surface area is 141 Å². The molecule has 1 aromatic rings. The van der Waals surface area contributed by atoms with Gasteiger partial charge in [-0.15, -0.1) is 0 Å². The number of hydrogen-bond donors (Lipinski definition) is 2. The van der Waals surface area contributed by atoms with Crippen LogP contribution in [0.4, 0.5) is 0 Å². The molecule has 0 radical (unpaired) electrons. The molecule has 2 N–H and O–H groups in total. The van der Waals surface area contributed by atoms with Crippen LogP contribution in [0.5, 0.6) is 17.2 Å². The Morgan fingerprint density at radius 1 is 1.09 bits per heavy atom. The van der Waals surface area contributed by atoms with Gasteiger partial charge in [0.25, 0.3) is 0 Å². The van der Waals surface area contributed by atoms with Crippen LogP contribution in [0.25, 0.3) is 0 Å². The minimum Gasteiger partial charge on any atom is -0.493 e. The van der Waals surface area contributed by atoms with Crippen LogP contribution in [0.1, 0.15) is 12.5 Å². The van der Waals surface area contributed by atoms with E-state index in [1.165, 1.54) is 0 Å². The number of thiocarbonyl (C=S) groups is 1. The molecule has 0 atom stereocenters. The third-order valence-electron chi connectivity index (χ3n) is 3.00. The molecular weight excluding hydrogens is 318 g/mol. The van der Waals surface area contributed by atoms with E-state index < -0.39 is 0 Å². The Balaban J connectivity index is 2.88. The molecule has 0 saturated carbocycles. The molecular formula is C15H23N3O4S. The van der Waals surface area contributed by atoms with E-state index in [1.54, 1.807) is 28.4 Å². The van der Waals surface area contributed by atoms with Gasteiger partial charge in [0.05, 0.1) is 33.6 Å². The van der Waals surface area contributed by atoms with Gasteiger partial charge in [0.15, 0.2) is 16.6 Å². The summed E-state index contributed by atoms with van der Waals surface area (Å²) in [7, 11) is 6.33. The Hall–Kier alpha value is -2.06. The van der Waals surface area contributed by atoms with E-state index in [2.05, 4.69) is 15.8 Å². The van der Waals surface area contributed by atoms with E-state index in [0.29, 0.717) is 35.5 Å². The van der Waals surface area contributed by atoms with E-state index in [4.69, 9.17) is 31.2 Å². The summed E-state index contributed by atoms with van der Waals surface area (Å²) in [5, 5.41) is 7.65. The minimum atomic E-state index is 0.425. The van der Waals surface area contributed by atoms with Crippen molar-refractivity contribution in [2.75, 3.05) is 41.6 Å². The summed E-state index contributed by atoms with van der Waals surface area (Å²) in [4.78, 5) is 0. The summed E-state index contributed by atoms with van der Waals surface area (Å²) in [6.45, 7) is 3.03. The van der Waals surface area contributed by atoms with Crippen molar-refractivity contribution in [2.45, 2.75) is 6.92 Å². The number of rotatable bonds is 8. The van der Waals surface area contributed by atoms with Crippen LogP contribution in [0.3, 0.4) is 0 Å². The number of ether oxygens (including phenoxy) is 4. The Kier molecular flexibility index (Phi) is 8.14. The lowest BCUT2D eigenvalue weighted by molar-refractivity contribution is 0.204. The molecule has 0 saturated heterocycles. The number of hydrazone groups is 1. The zero-order chi connectivity index (χ0) is 17.2. The second kappa shape index (κ2) is 9.86. The fourth-order valence-corrected chi connectivity index (χ4v) is 1.94. The molecule has 0 bridgehead atoms. The van der Waals surface area contributed by atoms with Crippen molar-refractivity contribution in [3.63, 3.8) is 0 Å². The first-order valence-electron chi connectivity index (χ1n) is 6.94. The van der Waals surface area contributed by atoms with Gasteiger partial charge < -0.3 is 24.3 Å². The maximum atomic E-state index is 5.33. The normalized spacial score (nSPS) is 10.9. The predicted molar refractivity (Wildman–Crippen MR) is 93.9 cm³/mol. The van der Waals surface area contributed by atoms with Crippen molar-refractivity contribution in [2.24, 2.45) is 5.10 Å². The fraction of sp³-hybridized carbons (Fsp3) is 0.467. The van der Waals surface area contributed by atoms with E-state index in [1.807, 2.05) is 19.1 Å². The van der Waals surface area contributed by atoms with E-state index in [9.17, 15) is 0 Å². The average molecular weight is 341 g/mol. The number of nitrogens with one attached hydrogen (secondary N) is 2. The first-order chi connectivity index (χ1) is 11.1. The highest BCUT2D eigenvalue weighted by Crippen LogP contribution is 2.38. The molecule has 1 aromatic carbocycles. The van der Waals surface area contributed by atoms with Crippen LogP contribution >= 0.6 is 12.2 Å². The minimum absolute atomic E-state index is 0.425. The largest absolute Gasteiger partial charge is 0.493 e. The van der Waals surface area contributed by atoms with E-state index in [-0.39, 0.29) is 0 Å². The third-order valence-corrected chi connectivity index (χ3v) is 3.24. The second-order valence-electron chi connectivity index (χ2n) is 4.47. The first-order valence-corrected chi connectivity index (χ1v) is 7.35. The fourth-order valence-electron chi connectivity index (χ4n) is 1.80. The molecule has 0 aliphatic rings. The van der Waals surface area contributed by atoms with E-state index >= 15 is 0 Å². The lowest BCUT2D eigenvalue weighted by Crippen LogP contribution is -2.34. The summed E-state index contributed by atoms with van der Waals surface area (Å²) in [5.41, 5.74) is 4.33. The molecule has 128 valence electrons. The molecule has 0 spiro atoms. The van der Waals surface area contributed by atoms with Gasteiger partial charge in [-0.05, 0) is 31.3 Å². The highest BCUT2D eigenvalue weighted by atomic mass is 32.1. The maximum Gasteiger partial charge on any atom is 0.203 e. The molecule has 0 aliphatic carbocycles. The molecule has 0 aliphatic heterocycles. The second-order valence-corrected chi connectivity index (χ2v) is 4.88. The Morgan fingerprint density at radius 3 is 2.17 bits per heavy atom. The van der Waals surface area contributed by atoms with Crippen LogP contribution in [-0.4, -0.2) is 52.4 Å². The SMILES string of the molecule is COCCNC(=S)NN=C(C)c1cc(OC)c(OC)c(OC)c1. The van der Waals surface area contributed by atoms with Gasteiger partial charge >= 0.3 is 0 Å². The lowest BCUT2D eigenvalue weighted by Gasteiger charge is -2.14. The first kappa shape index (κ1) is 19.0. The van der Waals surface area contributed by atoms with Crippen molar-refractivity contribution in [1.82, 2.24) is 10.7 Å². The predicted octanol–water partition coefficient (Wildman–Crippen LogP) is 1.55. The molecule has 23 heavy (non-hydrogen) atoms. The monoisotopic (exact) mass is 341 g/mol. The van der Waals surface area contributed by atoms with Crippen molar-refractivity contribution < 1.29 is 18.9 Å². The van der Waals surface area contributed by atoms with Crippen molar-refractivity contribution in [3.05, 3.63) is 17.7 Å². The topological polar surface area (TPSA) is 73.3 Å². The van der Waals surface area contributed by atoms with Gasteiger partial charge in [-0.1, -0.05) is 0 Å². The molecule has 8 heteroatoms. The highest BCUT2D eigenvalue weighted by Gasteiger charge is 2.14. The smallest absolute Gasteiger partial charge is 0.203 e. The van der Waals surface area contributed by atoms with Crippen molar-refractivity contribution in [3.8, 4) is 17.2 Å². The Morgan fingerprint density at radius 2 is 1.70 bits per heavy atom. The maximum absolute atomic E-state index is 5.33. The number of hydrogen-bond acceptors (Lipinski definition) is 6. The molecule has 0 fully saturated rings. The molecule has 0 aromatic heterocycles. The highest BCUT2D eigenvalue weighted by molar-refractivity contribution is 7.80. The van der Waals surface area contributed by atoms with Crippen molar-refractivity contribution in [1.29, 1.82) is 0 Å². The van der Waals surface area contributed by atoms with Gasteiger partial charge in [0, 0.05) is 19.2 Å². The van der Waals surface area contributed by atoms with Crippen LogP contribution in [-0.2, 0) is 4.74 Å². The van der Waals surface area contributed by atoms with Crippen LogP contribution in [0.2, 0.25) is 0 Å². The van der Waals surface area contributed by atoms with Crippen LogP contribution in [0, 0.1) is 0 Å². The summed E-state index contributed by atoms with van der Waals surface area (Å²) < 4.78 is 20.9. The Bertz CT molecular complexity index is 539. The van der Waals surface area contributed by atoms with Crippen molar-refractivity contribution >= 4 is 23.0 Å².